The third-order valence-corrected chi connectivity index (χ3v) is 4.24. The van der Waals surface area contributed by atoms with Crippen molar-refractivity contribution in [2.45, 2.75) is 13.0 Å². The number of aliphatic hydroxyl groups excluding tert-OH is 1. The van der Waals surface area contributed by atoms with Crippen LogP contribution in [0.3, 0.4) is 0 Å². The Labute approximate surface area is 151 Å². The molecule has 0 radical (unpaired) electrons. The minimum atomic E-state index is -0.409. The number of halogens is 1. The topological polar surface area (TPSA) is 64.5 Å². The normalized spacial score (nSPS) is 10.6. The zero-order chi connectivity index (χ0) is 18.5. The Bertz CT molecular complexity index is 912. The molecular weight excluding hydrogens is 333 g/mol. The van der Waals surface area contributed by atoms with Gasteiger partial charge < -0.3 is 20.5 Å². The van der Waals surface area contributed by atoms with E-state index in [2.05, 4.69) is 0 Å². The molecule has 134 valence electrons. The zero-order valence-corrected chi connectivity index (χ0v) is 14.3. The fourth-order valence-corrected chi connectivity index (χ4v) is 2.94. The van der Waals surface area contributed by atoms with Crippen molar-refractivity contribution < 1.29 is 14.2 Å². The van der Waals surface area contributed by atoms with Crippen LogP contribution in [0.15, 0.2) is 60.7 Å². The van der Waals surface area contributed by atoms with E-state index in [0.717, 1.165) is 22.3 Å². The van der Waals surface area contributed by atoms with Gasteiger partial charge in [-0.15, -0.1) is 0 Å². The molecule has 3 aromatic carbocycles. The molecule has 0 saturated heterocycles. The van der Waals surface area contributed by atoms with Crippen LogP contribution in [-0.4, -0.2) is 12.2 Å². The first-order valence-electron chi connectivity index (χ1n) is 8.18. The number of nitrogens with one attached hydrogen (secondary N) is 1. The highest BCUT2D eigenvalue weighted by molar-refractivity contribution is 5.74. The van der Waals surface area contributed by atoms with Crippen LogP contribution in [0, 0.1) is 11.0 Å². The first-order chi connectivity index (χ1) is 12.6. The standard InChI is InChI=1S/C21H19FNO3/c1-26-21-8-6-15(9-14-5-7-20(22)17(10-14)13-24)11-19(21)16-3-2-4-18(12-16)23-25/h2-8,10-12,23-24H,9,13H2,1H3/q-1. The molecule has 4 nitrogen and oxygen atoms in total. The van der Waals surface area contributed by atoms with Crippen molar-refractivity contribution >= 4 is 5.69 Å². The predicted molar refractivity (Wildman–Crippen MR) is 101 cm³/mol. The van der Waals surface area contributed by atoms with Crippen LogP contribution < -0.4 is 10.2 Å². The van der Waals surface area contributed by atoms with Gasteiger partial charge in [-0.1, -0.05) is 30.3 Å². The molecule has 0 fully saturated rings. The van der Waals surface area contributed by atoms with Crippen molar-refractivity contribution in [2.75, 3.05) is 12.6 Å². The number of aliphatic hydroxyl groups is 1. The second-order valence-electron chi connectivity index (χ2n) is 5.98. The fraction of sp³-hybridized carbons (Fsp3) is 0.143. The monoisotopic (exact) mass is 352 g/mol. The minimum absolute atomic E-state index is 0.283. The maximum atomic E-state index is 13.6. The lowest BCUT2D eigenvalue weighted by Gasteiger charge is -2.14. The summed E-state index contributed by atoms with van der Waals surface area (Å²) in [5, 5.41) is 20.2. The van der Waals surface area contributed by atoms with Gasteiger partial charge in [0.15, 0.2) is 0 Å². The van der Waals surface area contributed by atoms with Crippen molar-refractivity contribution in [1.29, 1.82) is 0 Å². The zero-order valence-electron chi connectivity index (χ0n) is 14.3. The van der Waals surface area contributed by atoms with Crippen LogP contribution in [0.25, 0.3) is 11.1 Å². The van der Waals surface area contributed by atoms with Crippen LogP contribution in [0.4, 0.5) is 10.1 Å². The quantitative estimate of drug-likeness (QED) is 0.642. The van der Waals surface area contributed by atoms with E-state index in [4.69, 9.17) is 4.74 Å². The molecule has 0 atom stereocenters. The van der Waals surface area contributed by atoms with Gasteiger partial charge in [-0.3, -0.25) is 0 Å². The third kappa shape index (κ3) is 3.85. The van der Waals surface area contributed by atoms with Crippen LogP contribution in [0.1, 0.15) is 16.7 Å². The average Bonchev–Trinajstić information content (AvgIpc) is 2.69. The molecule has 0 aliphatic rings. The highest BCUT2D eigenvalue weighted by atomic mass is 19.1. The summed E-state index contributed by atoms with van der Waals surface area (Å²) >= 11 is 0. The Hall–Kier alpha value is -2.89. The van der Waals surface area contributed by atoms with E-state index < -0.39 is 5.82 Å². The van der Waals surface area contributed by atoms with Gasteiger partial charge in [-0.05, 0) is 53.4 Å². The van der Waals surface area contributed by atoms with Gasteiger partial charge in [-0.25, -0.2) is 4.39 Å². The molecule has 0 spiro atoms. The molecule has 0 amide bonds. The number of ether oxygens (including phenoxy) is 1. The van der Waals surface area contributed by atoms with E-state index in [1.807, 2.05) is 29.7 Å². The van der Waals surface area contributed by atoms with E-state index in [0.29, 0.717) is 17.9 Å². The van der Waals surface area contributed by atoms with Crippen LogP contribution in [0.2, 0.25) is 0 Å². The molecule has 5 heteroatoms. The van der Waals surface area contributed by atoms with Crippen molar-refractivity contribution in [2.24, 2.45) is 0 Å². The van der Waals surface area contributed by atoms with E-state index in [1.165, 1.54) is 6.07 Å². The SMILES string of the molecule is COc1ccc(Cc2ccc(F)c(CO)c2)cc1-c1cccc(N[O-])c1. The first kappa shape index (κ1) is 17.9. The van der Waals surface area contributed by atoms with Gasteiger partial charge in [-0.2, -0.15) is 0 Å². The van der Waals surface area contributed by atoms with E-state index >= 15 is 0 Å². The van der Waals surface area contributed by atoms with Crippen molar-refractivity contribution in [1.82, 2.24) is 0 Å². The number of anilines is 1. The Kier molecular flexibility index (Phi) is 5.51. The molecule has 0 aliphatic heterocycles. The Morgan fingerprint density at radius 3 is 2.54 bits per heavy atom. The van der Waals surface area contributed by atoms with Crippen LogP contribution in [-0.2, 0) is 13.0 Å². The Morgan fingerprint density at radius 2 is 1.81 bits per heavy atom. The van der Waals surface area contributed by atoms with E-state index in [9.17, 15) is 14.7 Å². The maximum Gasteiger partial charge on any atom is 0.128 e. The third-order valence-electron chi connectivity index (χ3n) is 4.24. The van der Waals surface area contributed by atoms with Crippen LogP contribution >= 0.6 is 0 Å². The maximum absolute atomic E-state index is 13.6. The lowest BCUT2D eigenvalue weighted by Crippen LogP contribution is -1.96. The summed E-state index contributed by atoms with van der Waals surface area (Å²) in [6.45, 7) is -0.331. The molecule has 3 rings (SSSR count). The molecule has 3 aromatic rings. The number of rotatable bonds is 6. The van der Waals surface area contributed by atoms with Gasteiger partial charge >= 0.3 is 0 Å². The van der Waals surface area contributed by atoms with E-state index in [-0.39, 0.29) is 12.2 Å². The molecule has 0 aromatic heterocycles. The lowest BCUT2D eigenvalue weighted by atomic mass is 9.97. The van der Waals surface area contributed by atoms with Gasteiger partial charge in [0, 0.05) is 16.8 Å². The summed E-state index contributed by atoms with van der Waals surface area (Å²) in [5.41, 5.74) is 6.30. The summed E-state index contributed by atoms with van der Waals surface area (Å²) in [6.07, 6.45) is 0.587. The summed E-state index contributed by atoms with van der Waals surface area (Å²) < 4.78 is 19.0. The molecule has 0 bridgehead atoms. The van der Waals surface area contributed by atoms with E-state index in [1.54, 1.807) is 37.4 Å². The molecule has 0 heterocycles. The average molecular weight is 352 g/mol. The highest BCUT2D eigenvalue weighted by Gasteiger charge is 2.09. The molecule has 2 N–H and O–H groups in total. The van der Waals surface area contributed by atoms with Crippen molar-refractivity contribution in [3.05, 3.63) is 88.4 Å². The number of benzene rings is 3. The Balaban J connectivity index is 1.97. The predicted octanol–water partition coefficient (Wildman–Crippen LogP) is 4.49. The second-order valence-corrected chi connectivity index (χ2v) is 5.98. The van der Waals surface area contributed by atoms with Gasteiger partial charge in [0.05, 0.1) is 13.7 Å². The molecular formula is C21H19FNO3-. The first-order valence-corrected chi connectivity index (χ1v) is 8.18. The Morgan fingerprint density at radius 1 is 1.04 bits per heavy atom. The summed E-state index contributed by atoms with van der Waals surface area (Å²) in [7, 11) is 1.60. The smallest absolute Gasteiger partial charge is 0.128 e. The van der Waals surface area contributed by atoms with Crippen molar-refractivity contribution in [3.63, 3.8) is 0 Å². The number of hydrogen-bond acceptors (Lipinski definition) is 4. The van der Waals surface area contributed by atoms with Gasteiger partial charge in [0.25, 0.3) is 0 Å². The highest BCUT2D eigenvalue weighted by Crippen LogP contribution is 2.33. The minimum Gasteiger partial charge on any atom is -0.761 e. The summed E-state index contributed by atoms with van der Waals surface area (Å²) in [6, 6.07) is 17.7. The molecule has 0 saturated carbocycles. The largest absolute Gasteiger partial charge is 0.761 e. The van der Waals surface area contributed by atoms with Crippen LogP contribution in [0.5, 0.6) is 5.75 Å². The summed E-state index contributed by atoms with van der Waals surface area (Å²) in [5.74, 6) is 0.292. The van der Waals surface area contributed by atoms with Crippen molar-refractivity contribution in [3.8, 4) is 16.9 Å². The van der Waals surface area contributed by atoms with Gasteiger partial charge in [0.2, 0.25) is 0 Å². The fourth-order valence-electron chi connectivity index (χ4n) is 2.94. The molecule has 0 aliphatic carbocycles. The molecule has 0 unspecified atom stereocenters. The number of hydrogen-bond donors (Lipinski definition) is 2. The second kappa shape index (κ2) is 7.99. The van der Waals surface area contributed by atoms with Gasteiger partial charge in [0.1, 0.15) is 11.6 Å². The lowest BCUT2D eigenvalue weighted by molar-refractivity contribution is 0.275. The molecule has 26 heavy (non-hydrogen) atoms. The number of methoxy groups -OCH3 is 1. The summed E-state index contributed by atoms with van der Waals surface area (Å²) in [4.78, 5) is 0.